The molecule has 0 saturated heterocycles. The van der Waals surface area contributed by atoms with Crippen molar-refractivity contribution in [3.8, 4) is 0 Å². The third-order valence-corrected chi connectivity index (χ3v) is 9.48. The molecule has 0 aliphatic heterocycles. The number of likely N-dealkylation sites (N-methyl/N-ethyl adjacent to an activating group) is 1. The zero-order chi connectivity index (χ0) is 44.5. The van der Waals surface area contributed by atoms with Crippen LogP contribution in [0.1, 0.15) is 63.1 Å². The number of rotatable bonds is 21. The Kier molecular flexibility index (Phi) is 17.1. The number of para-hydroxylation sites is 1. The number of aromatic amines is 1. The van der Waals surface area contributed by atoms with Gasteiger partial charge in [-0.15, -0.1) is 0 Å². The van der Waals surface area contributed by atoms with Crippen LogP contribution in [0.5, 0.6) is 0 Å². The number of aliphatic carboxylic acids is 1. The number of pyridine rings is 1. The van der Waals surface area contributed by atoms with E-state index in [0.29, 0.717) is 17.5 Å². The lowest BCUT2D eigenvalue weighted by molar-refractivity contribution is -0.147. The lowest BCUT2D eigenvalue weighted by atomic mass is 10.0. The Labute approximate surface area is 353 Å². The van der Waals surface area contributed by atoms with Crippen LogP contribution in [-0.4, -0.2) is 105 Å². The van der Waals surface area contributed by atoms with E-state index >= 15 is 0 Å². The van der Waals surface area contributed by atoms with Crippen LogP contribution >= 0.6 is 0 Å². The number of aromatic nitrogens is 2. The standard InChI is InChI=1S/C44H54N8O9/c1-44(2,3)61-43(60)51-35(24-30-27-48-32-17-9-8-16-31(30)32)40(57)49-33(18-10-11-22-47-37(53)20-19-29-15-12-21-46-26-29)42(59)52(4)36(25-38(54)55)41(58)50-34(39(45)56)23-28-13-6-5-7-14-28/h5-9,12-17,19-21,26-27,33-36,48H,10-11,18,22-25H2,1-4H3,(H2,45,56)(H,47,53)(H,49,57)(H,50,58)(H,51,60)(H,54,55)/b20-19+/t33-,34-,35-,36-/m0/s1. The molecule has 0 radical (unpaired) electrons. The van der Waals surface area contributed by atoms with Crippen molar-refractivity contribution in [2.24, 2.45) is 5.73 Å². The second-order valence-corrected chi connectivity index (χ2v) is 15.4. The van der Waals surface area contributed by atoms with Crippen LogP contribution in [0.15, 0.2) is 91.4 Å². The van der Waals surface area contributed by atoms with E-state index in [1.165, 1.54) is 13.1 Å². The van der Waals surface area contributed by atoms with E-state index in [2.05, 4.69) is 31.2 Å². The molecule has 2 aromatic carbocycles. The monoisotopic (exact) mass is 838 g/mol. The van der Waals surface area contributed by atoms with Gasteiger partial charge in [-0.1, -0.05) is 54.6 Å². The highest BCUT2D eigenvalue weighted by molar-refractivity contribution is 5.97. The summed E-state index contributed by atoms with van der Waals surface area (Å²) in [6.45, 7) is 5.22. The van der Waals surface area contributed by atoms with Crippen molar-refractivity contribution in [2.75, 3.05) is 13.6 Å². The Bertz CT molecular complexity index is 2170. The molecule has 0 aliphatic rings. The van der Waals surface area contributed by atoms with E-state index < -0.39 is 71.9 Å². The summed E-state index contributed by atoms with van der Waals surface area (Å²) in [5.41, 5.74) is 7.63. The van der Waals surface area contributed by atoms with Gasteiger partial charge in [-0.2, -0.15) is 0 Å². The fourth-order valence-corrected chi connectivity index (χ4v) is 6.41. The van der Waals surface area contributed by atoms with Crippen LogP contribution < -0.4 is 27.0 Å². The number of nitrogens with zero attached hydrogens (tertiary/aromatic N) is 2. The highest BCUT2D eigenvalue weighted by atomic mass is 16.6. The summed E-state index contributed by atoms with van der Waals surface area (Å²) in [6, 6.07) is 14.2. The summed E-state index contributed by atoms with van der Waals surface area (Å²) in [6.07, 6.45) is 6.82. The number of alkyl carbamates (subject to hydrolysis) is 1. The number of nitrogens with two attached hydrogens (primary N) is 1. The number of amides is 6. The molecule has 0 saturated carbocycles. The second-order valence-electron chi connectivity index (χ2n) is 15.4. The topological polar surface area (TPSA) is 255 Å². The van der Waals surface area contributed by atoms with Crippen molar-refractivity contribution in [1.29, 1.82) is 0 Å². The van der Waals surface area contributed by atoms with Gasteiger partial charge in [0.2, 0.25) is 29.5 Å². The van der Waals surface area contributed by atoms with Gasteiger partial charge < -0.3 is 46.7 Å². The van der Waals surface area contributed by atoms with Gasteiger partial charge in [0.05, 0.1) is 6.42 Å². The fourth-order valence-electron chi connectivity index (χ4n) is 6.41. The minimum absolute atomic E-state index is 0.00953. The molecule has 0 spiro atoms. The molecule has 17 nitrogen and oxygen atoms in total. The summed E-state index contributed by atoms with van der Waals surface area (Å²) in [4.78, 5) is 100. The van der Waals surface area contributed by atoms with Crippen molar-refractivity contribution in [1.82, 2.24) is 36.1 Å². The second kappa shape index (κ2) is 22.4. The normalized spacial score (nSPS) is 13.3. The van der Waals surface area contributed by atoms with Gasteiger partial charge in [-0.25, -0.2) is 4.79 Å². The van der Waals surface area contributed by atoms with E-state index in [4.69, 9.17) is 10.5 Å². The van der Waals surface area contributed by atoms with Crippen LogP contribution in [-0.2, 0) is 46.3 Å². The number of hydrogen-bond acceptors (Lipinski definition) is 9. The number of nitrogens with one attached hydrogen (secondary N) is 5. The molecule has 4 atom stereocenters. The predicted molar refractivity (Wildman–Crippen MR) is 227 cm³/mol. The molecule has 0 aliphatic carbocycles. The van der Waals surface area contributed by atoms with Gasteiger partial charge in [0.15, 0.2) is 0 Å². The van der Waals surface area contributed by atoms with E-state index in [1.807, 2.05) is 24.3 Å². The number of H-pyrrole nitrogens is 1. The summed E-state index contributed by atoms with van der Waals surface area (Å²) in [5, 5.41) is 21.3. The lowest BCUT2D eigenvalue weighted by Crippen LogP contribution is -2.59. The molecule has 17 heteroatoms. The molecule has 6 amide bonds. The first-order valence-electron chi connectivity index (χ1n) is 19.8. The summed E-state index contributed by atoms with van der Waals surface area (Å²) in [5.74, 6) is -5.17. The third-order valence-electron chi connectivity index (χ3n) is 9.48. The number of carbonyl (C=O) groups excluding carboxylic acids is 6. The Hall–Kier alpha value is -7.04. The Morgan fingerprint density at radius 2 is 1.57 bits per heavy atom. The Morgan fingerprint density at radius 3 is 2.25 bits per heavy atom. The van der Waals surface area contributed by atoms with Crippen molar-refractivity contribution >= 4 is 58.6 Å². The van der Waals surface area contributed by atoms with Gasteiger partial charge >= 0.3 is 12.1 Å². The van der Waals surface area contributed by atoms with Crippen molar-refractivity contribution in [3.05, 3.63) is 108 Å². The molecular weight excluding hydrogens is 785 g/mol. The summed E-state index contributed by atoms with van der Waals surface area (Å²) >= 11 is 0. The van der Waals surface area contributed by atoms with Crippen LogP contribution in [0, 0.1) is 0 Å². The van der Waals surface area contributed by atoms with Crippen LogP contribution in [0.3, 0.4) is 0 Å². The average molecular weight is 839 g/mol. The van der Waals surface area contributed by atoms with Crippen molar-refractivity contribution in [2.45, 2.75) is 89.1 Å². The predicted octanol–water partition coefficient (Wildman–Crippen LogP) is 3.00. The zero-order valence-corrected chi connectivity index (χ0v) is 34.7. The fraction of sp³-hybridized carbons (Fsp3) is 0.364. The molecule has 4 aromatic rings. The molecule has 61 heavy (non-hydrogen) atoms. The van der Waals surface area contributed by atoms with Gasteiger partial charge in [0.25, 0.3) is 0 Å². The smallest absolute Gasteiger partial charge is 0.408 e. The average Bonchev–Trinajstić information content (AvgIpc) is 3.62. The molecule has 0 bridgehead atoms. The minimum Gasteiger partial charge on any atom is -0.481 e. The quantitative estimate of drug-likeness (QED) is 0.0477. The first-order chi connectivity index (χ1) is 29.0. The maximum Gasteiger partial charge on any atom is 0.408 e. The number of fused-ring (bicyclic) bond motifs is 1. The third kappa shape index (κ3) is 15.3. The zero-order valence-electron chi connectivity index (χ0n) is 34.7. The summed E-state index contributed by atoms with van der Waals surface area (Å²) < 4.78 is 5.46. The van der Waals surface area contributed by atoms with Gasteiger partial charge in [0.1, 0.15) is 29.8 Å². The summed E-state index contributed by atoms with van der Waals surface area (Å²) in [7, 11) is 1.22. The maximum absolute atomic E-state index is 14.4. The number of carboxylic acids is 1. The number of carbonyl (C=O) groups is 7. The molecule has 2 aromatic heterocycles. The number of hydrogen-bond donors (Lipinski definition) is 7. The van der Waals surface area contributed by atoms with Crippen molar-refractivity contribution in [3.63, 3.8) is 0 Å². The first-order valence-corrected chi connectivity index (χ1v) is 19.8. The van der Waals surface area contributed by atoms with Crippen LogP contribution in [0.25, 0.3) is 17.0 Å². The number of unbranched alkanes of at least 4 members (excludes halogenated alkanes) is 1. The lowest BCUT2D eigenvalue weighted by Gasteiger charge is -2.32. The van der Waals surface area contributed by atoms with Crippen molar-refractivity contribution < 1.29 is 43.4 Å². The SMILES string of the molecule is CN(C(=O)[C@H](CCCCNC(=O)/C=C/c1cccnc1)NC(=O)[C@H](Cc1c[nH]c2ccccc12)NC(=O)OC(C)(C)C)[C@@H](CC(=O)O)C(=O)N[C@@H](Cc1ccccc1)C(N)=O. The number of ether oxygens (including phenoxy) is 1. The van der Waals surface area contributed by atoms with E-state index in [-0.39, 0.29) is 38.1 Å². The van der Waals surface area contributed by atoms with Gasteiger partial charge in [0, 0.05) is 62.0 Å². The van der Waals surface area contributed by atoms with Gasteiger partial charge in [-0.3, -0.25) is 33.8 Å². The maximum atomic E-state index is 14.4. The van der Waals surface area contributed by atoms with E-state index in [9.17, 15) is 38.7 Å². The molecule has 2 heterocycles. The minimum atomic E-state index is -1.63. The van der Waals surface area contributed by atoms with E-state index in [1.54, 1.807) is 87.9 Å². The largest absolute Gasteiger partial charge is 0.481 e. The highest BCUT2D eigenvalue weighted by Crippen LogP contribution is 2.20. The molecule has 324 valence electrons. The number of benzene rings is 2. The van der Waals surface area contributed by atoms with Crippen LogP contribution in [0.2, 0.25) is 0 Å². The number of carboxylic acid groups (broad SMARTS) is 1. The Morgan fingerprint density at radius 1 is 0.869 bits per heavy atom. The first kappa shape index (κ1) is 46.6. The van der Waals surface area contributed by atoms with E-state index in [0.717, 1.165) is 21.4 Å². The Balaban J connectivity index is 1.57. The molecule has 8 N–H and O–H groups in total. The van der Waals surface area contributed by atoms with Crippen LogP contribution in [0.4, 0.5) is 4.79 Å². The molecular formula is C44H54N8O9. The molecule has 4 rings (SSSR count). The molecule has 0 fully saturated rings. The van der Waals surface area contributed by atoms with Gasteiger partial charge in [-0.05, 0) is 74.9 Å². The highest BCUT2D eigenvalue weighted by Gasteiger charge is 2.36. The number of primary amides is 1. The molecule has 0 unspecified atom stereocenters.